The second kappa shape index (κ2) is 7.60. The molecule has 1 atom stereocenters. The smallest absolute Gasteiger partial charge is 0.318 e. The molecule has 2 nitrogen and oxygen atoms in total. The molecule has 0 aliphatic carbocycles. The normalized spacial score (nSPS) is 11.7. The van der Waals surface area contributed by atoms with Crippen molar-refractivity contribution in [2.75, 3.05) is 0 Å². The Morgan fingerprint density at radius 2 is 1.42 bits per heavy atom. The summed E-state index contributed by atoms with van der Waals surface area (Å²) in [7, 11) is 0. The van der Waals surface area contributed by atoms with Gasteiger partial charge in [0, 0.05) is 5.56 Å². The topological polar surface area (TPSA) is 26.3 Å². The summed E-state index contributed by atoms with van der Waals surface area (Å²) in [4.78, 5) is 12.7. The van der Waals surface area contributed by atoms with Crippen molar-refractivity contribution in [2.45, 2.75) is 19.3 Å². The summed E-state index contributed by atoms with van der Waals surface area (Å²) in [6.45, 7) is 2.00. The minimum atomic E-state index is -0.255. The first-order chi connectivity index (χ1) is 11.8. The Hall–Kier alpha value is -2.87. The molecule has 0 aliphatic heterocycles. The fourth-order valence-corrected chi connectivity index (χ4v) is 2.82. The fraction of sp³-hybridized carbons (Fsp3) is 0.136. The van der Waals surface area contributed by atoms with E-state index in [9.17, 15) is 4.79 Å². The van der Waals surface area contributed by atoms with Crippen molar-refractivity contribution in [1.82, 2.24) is 0 Å². The third kappa shape index (κ3) is 3.54. The summed E-state index contributed by atoms with van der Waals surface area (Å²) >= 11 is 0. The molecule has 0 aliphatic rings. The highest BCUT2D eigenvalue weighted by Crippen LogP contribution is 2.31. The first-order valence-electron chi connectivity index (χ1n) is 8.20. The van der Waals surface area contributed by atoms with Crippen LogP contribution in [0.3, 0.4) is 0 Å². The molecule has 0 saturated carbocycles. The molecule has 120 valence electrons. The number of para-hydroxylation sites is 1. The molecule has 0 radical (unpaired) electrons. The molecule has 24 heavy (non-hydrogen) atoms. The van der Waals surface area contributed by atoms with Gasteiger partial charge in [0.1, 0.15) is 5.75 Å². The Balaban J connectivity index is 1.87. The zero-order chi connectivity index (χ0) is 16.8. The van der Waals surface area contributed by atoms with Gasteiger partial charge in [0.2, 0.25) is 0 Å². The lowest BCUT2D eigenvalue weighted by Crippen LogP contribution is -2.18. The number of rotatable bonds is 5. The van der Waals surface area contributed by atoms with Crippen molar-refractivity contribution in [3.05, 3.63) is 90.5 Å². The van der Waals surface area contributed by atoms with Crippen molar-refractivity contribution in [3.63, 3.8) is 0 Å². The maximum Gasteiger partial charge on any atom is 0.318 e. The van der Waals surface area contributed by atoms with Gasteiger partial charge in [0.25, 0.3) is 0 Å². The number of hydrogen-bond donors (Lipinski definition) is 0. The van der Waals surface area contributed by atoms with Crippen LogP contribution in [0.25, 0.3) is 11.1 Å². The molecule has 3 aromatic rings. The highest BCUT2D eigenvalue weighted by Gasteiger charge is 2.21. The van der Waals surface area contributed by atoms with Crippen LogP contribution in [0.1, 0.15) is 24.8 Å². The van der Waals surface area contributed by atoms with E-state index in [4.69, 9.17) is 4.74 Å². The quantitative estimate of drug-likeness (QED) is 0.462. The van der Waals surface area contributed by atoms with Crippen molar-refractivity contribution in [2.24, 2.45) is 0 Å². The summed E-state index contributed by atoms with van der Waals surface area (Å²) in [5, 5.41) is 0. The molecule has 0 N–H and O–H groups in total. The van der Waals surface area contributed by atoms with E-state index in [1.165, 1.54) is 0 Å². The lowest BCUT2D eigenvalue weighted by molar-refractivity contribution is -0.136. The molecule has 0 bridgehead atoms. The van der Waals surface area contributed by atoms with Gasteiger partial charge in [-0.1, -0.05) is 85.8 Å². The van der Waals surface area contributed by atoms with Crippen LogP contribution in [0, 0.1) is 0 Å². The Labute approximate surface area is 142 Å². The van der Waals surface area contributed by atoms with Crippen LogP contribution in [0.4, 0.5) is 0 Å². The SMILES string of the molecule is CC[C@@H](C(=O)Oc1ccccc1-c1ccccc1)c1ccccc1. The van der Waals surface area contributed by atoms with Crippen LogP contribution < -0.4 is 4.74 Å². The van der Waals surface area contributed by atoms with Gasteiger partial charge in [-0.2, -0.15) is 0 Å². The van der Waals surface area contributed by atoms with E-state index in [1.54, 1.807) is 0 Å². The number of carbonyl (C=O) groups is 1. The van der Waals surface area contributed by atoms with Gasteiger partial charge >= 0.3 is 5.97 Å². The minimum Gasteiger partial charge on any atom is -0.425 e. The van der Waals surface area contributed by atoms with E-state index < -0.39 is 0 Å². The van der Waals surface area contributed by atoms with Crippen molar-refractivity contribution in [3.8, 4) is 16.9 Å². The number of ether oxygens (including phenoxy) is 1. The molecule has 0 spiro atoms. The maximum absolute atomic E-state index is 12.7. The van der Waals surface area contributed by atoms with Crippen LogP contribution in [-0.4, -0.2) is 5.97 Å². The summed E-state index contributed by atoms with van der Waals surface area (Å²) in [5.74, 6) is 0.130. The van der Waals surface area contributed by atoms with Crippen molar-refractivity contribution in [1.29, 1.82) is 0 Å². The number of carbonyl (C=O) groups excluding carboxylic acids is 1. The second-order valence-corrected chi connectivity index (χ2v) is 5.65. The summed E-state index contributed by atoms with van der Waals surface area (Å²) in [6, 6.07) is 27.4. The summed E-state index contributed by atoms with van der Waals surface area (Å²) < 4.78 is 5.77. The number of benzene rings is 3. The molecule has 2 heteroatoms. The molecular weight excluding hydrogens is 296 g/mol. The van der Waals surface area contributed by atoms with E-state index in [1.807, 2.05) is 91.9 Å². The first-order valence-corrected chi connectivity index (χ1v) is 8.20. The van der Waals surface area contributed by atoms with E-state index in [-0.39, 0.29) is 11.9 Å². The lowest BCUT2D eigenvalue weighted by Gasteiger charge is -2.16. The average molecular weight is 316 g/mol. The average Bonchev–Trinajstić information content (AvgIpc) is 2.64. The lowest BCUT2D eigenvalue weighted by atomic mass is 9.96. The first kappa shape index (κ1) is 16.0. The molecular formula is C22H20O2. The highest BCUT2D eigenvalue weighted by atomic mass is 16.5. The highest BCUT2D eigenvalue weighted by molar-refractivity contribution is 5.83. The Kier molecular flexibility index (Phi) is 5.07. The predicted molar refractivity (Wildman–Crippen MR) is 97.0 cm³/mol. The molecule has 3 rings (SSSR count). The van der Waals surface area contributed by atoms with Crippen LogP contribution in [-0.2, 0) is 4.79 Å². The Bertz CT molecular complexity index is 794. The minimum absolute atomic E-state index is 0.216. The zero-order valence-corrected chi connectivity index (χ0v) is 13.7. The molecule has 0 unspecified atom stereocenters. The summed E-state index contributed by atoms with van der Waals surface area (Å²) in [6.07, 6.45) is 0.705. The monoisotopic (exact) mass is 316 g/mol. The molecule has 0 saturated heterocycles. The number of hydrogen-bond acceptors (Lipinski definition) is 2. The molecule has 0 heterocycles. The van der Waals surface area contributed by atoms with Gasteiger partial charge in [-0.15, -0.1) is 0 Å². The second-order valence-electron chi connectivity index (χ2n) is 5.65. The van der Waals surface area contributed by atoms with Gasteiger partial charge in [-0.05, 0) is 23.6 Å². The third-order valence-electron chi connectivity index (χ3n) is 4.08. The van der Waals surface area contributed by atoms with E-state index in [0.29, 0.717) is 12.2 Å². The van der Waals surface area contributed by atoms with Crippen molar-refractivity contribution < 1.29 is 9.53 Å². The van der Waals surface area contributed by atoms with Crippen molar-refractivity contribution >= 4 is 5.97 Å². The largest absolute Gasteiger partial charge is 0.425 e. The maximum atomic E-state index is 12.7. The van der Waals surface area contributed by atoms with Crippen LogP contribution in [0.5, 0.6) is 5.75 Å². The molecule has 3 aromatic carbocycles. The van der Waals surface area contributed by atoms with Gasteiger partial charge < -0.3 is 4.74 Å². The van der Waals surface area contributed by atoms with Crippen LogP contribution in [0.2, 0.25) is 0 Å². The van der Waals surface area contributed by atoms with Crippen LogP contribution >= 0.6 is 0 Å². The standard InChI is InChI=1S/C22H20O2/c1-2-19(17-11-5-3-6-12-17)22(23)24-21-16-10-9-15-20(21)18-13-7-4-8-14-18/h3-16,19H,2H2,1H3/t19-/m1/s1. The molecule has 0 aromatic heterocycles. The molecule has 0 amide bonds. The fourth-order valence-electron chi connectivity index (χ4n) is 2.82. The molecule has 0 fully saturated rings. The Morgan fingerprint density at radius 3 is 2.08 bits per heavy atom. The number of esters is 1. The van der Waals surface area contributed by atoms with Gasteiger partial charge in [-0.25, -0.2) is 0 Å². The van der Waals surface area contributed by atoms with E-state index in [0.717, 1.165) is 16.7 Å². The van der Waals surface area contributed by atoms with Crippen LogP contribution in [0.15, 0.2) is 84.9 Å². The Morgan fingerprint density at radius 1 is 0.833 bits per heavy atom. The summed E-state index contributed by atoms with van der Waals surface area (Å²) in [5.41, 5.74) is 2.95. The van der Waals surface area contributed by atoms with Gasteiger partial charge in [0.15, 0.2) is 0 Å². The zero-order valence-electron chi connectivity index (χ0n) is 13.7. The van der Waals surface area contributed by atoms with Gasteiger partial charge in [-0.3, -0.25) is 4.79 Å². The predicted octanol–water partition coefficient (Wildman–Crippen LogP) is 5.45. The van der Waals surface area contributed by atoms with Gasteiger partial charge in [0.05, 0.1) is 5.92 Å². The van der Waals surface area contributed by atoms with E-state index in [2.05, 4.69) is 0 Å². The van der Waals surface area contributed by atoms with E-state index >= 15 is 0 Å². The third-order valence-corrected chi connectivity index (χ3v) is 4.08.